The van der Waals surface area contributed by atoms with E-state index in [1.165, 1.54) is 0 Å². The first-order chi connectivity index (χ1) is 6.74. The molecule has 0 aliphatic rings. The molecule has 0 saturated heterocycles. The van der Waals surface area contributed by atoms with Crippen molar-refractivity contribution >= 4 is 6.08 Å². The molecule has 0 unspecified atom stereocenters. The third kappa shape index (κ3) is 1.90. The minimum Gasteiger partial charge on any atom is -0.504 e. The summed E-state index contributed by atoms with van der Waals surface area (Å²) in [5.41, 5.74) is 1.98. The van der Waals surface area contributed by atoms with E-state index < -0.39 is 0 Å². The number of phenolic OH excluding ortho intramolecular Hbond substituents is 1. The average Bonchev–Trinajstić information content (AvgIpc) is 2.19. The maximum absolute atomic E-state index is 9.84. The van der Waals surface area contributed by atoms with Crippen molar-refractivity contribution in [2.45, 2.75) is 20.3 Å². The SMILES string of the molecule is CC=Cc1ccc(OC)c(O)c1CC. The second kappa shape index (κ2) is 4.70. The summed E-state index contributed by atoms with van der Waals surface area (Å²) in [6.07, 6.45) is 4.74. The number of rotatable bonds is 3. The van der Waals surface area contributed by atoms with E-state index in [4.69, 9.17) is 4.74 Å². The van der Waals surface area contributed by atoms with Gasteiger partial charge >= 0.3 is 0 Å². The number of aromatic hydroxyl groups is 1. The minimum absolute atomic E-state index is 0.255. The Morgan fingerprint density at radius 2 is 2.14 bits per heavy atom. The van der Waals surface area contributed by atoms with Crippen molar-refractivity contribution in [3.8, 4) is 11.5 Å². The molecule has 0 fully saturated rings. The first kappa shape index (κ1) is 10.6. The number of hydrogen-bond donors (Lipinski definition) is 1. The van der Waals surface area contributed by atoms with Crippen LogP contribution < -0.4 is 4.74 Å². The third-order valence-corrected chi connectivity index (χ3v) is 2.20. The van der Waals surface area contributed by atoms with Crippen LogP contribution in [0.15, 0.2) is 18.2 Å². The van der Waals surface area contributed by atoms with Crippen LogP contribution in [-0.2, 0) is 6.42 Å². The van der Waals surface area contributed by atoms with Gasteiger partial charge in [0.25, 0.3) is 0 Å². The summed E-state index contributed by atoms with van der Waals surface area (Å²) >= 11 is 0. The number of phenols is 1. The van der Waals surface area contributed by atoms with Gasteiger partial charge in [0.15, 0.2) is 11.5 Å². The highest BCUT2D eigenvalue weighted by molar-refractivity contribution is 5.61. The smallest absolute Gasteiger partial charge is 0.161 e. The van der Waals surface area contributed by atoms with E-state index in [0.29, 0.717) is 5.75 Å². The summed E-state index contributed by atoms with van der Waals surface area (Å²) in [6.45, 7) is 3.97. The van der Waals surface area contributed by atoms with Crippen LogP contribution in [-0.4, -0.2) is 12.2 Å². The van der Waals surface area contributed by atoms with Crippen LogP contribution in [0.1, 0.15) is 25.0 Å². The molecule has 0 amide bonds. The van der Waals surface area contributed by atoms with Crippen molar-refractivity contribution in [2.24, 2.45) is 0 Å². The summed E-state index contributed by atoms with van der Waals surface area (Å²) in [5, 5.41) is 9.84. The van der Waals surface area contributed by atoms with Gasteiger partial charge in [-0.3, -0.25) is 0 Å². The Morgan fingerprint density at radius 3 is 2.64 bits per heavy atom. The van der Waals surface area contributed by atoms with Gasteiger partial charge in [0.2, 0.25) is 0 Å². The van der Waals surface area contributed by atoms with Crippen LogP contribution >= 0.6 is 0 Å². The van der Waals surface area contributed by atoms with Gasteiger partial charge in [-0.1, -0.05) is 25.1 Å². The second-order valence-electron chi connectivity index (χ2n) is 3.04. The zero-order valence-electron chi connectivity index (χ0n) is 8.87. The van der Waals surface area contributed by atoms with Crippen molar-refractivity contribution in [1.29, 1.82) is 0 Å². The van der Waals surface area contributed by atoms with Gasteiger partial charge in [0.05, 0.1) is 7.11 Å². The Kier molecular flexibility index (Phi) is 3.57. The van der Waals surface area contributed by atoms with E-state index >= 15 is 0 Å². The van der Waals surface area contributed by atoms with E-state index in [9.17, 15) is 5.11 Å². The minimum atomic E-state index is 0.255. The molecule has 1 aromatic carbocycles. The van der Waals surface area contributed by atoms with Gasteiger partial charge in [-0.25, -0.2) is 0 Å². The lowest BCUT2D eigenvalue weighted by Gasteiger charge is -2.10. The molecular weight excluding hydrogens is 176 g/mol. The Balaban J connectivity index is 3.28. The standard InChI is InChI=1S/C12H16O2/c1-4-6-9-7-8-11(14-3)12(13)10(9)5-2/h4,6-8,13H,5H2,1-3H3. The molecule has 0 aromatic heterocycles. The van der Waals surface area contributed by atoms with E-state index in [1.807, 2.05) is 32.1 Å². The lowest BCUT2D eigenvalue weighted by Crippen LogP contribution is -1.91. The molecule has 0 aliphatic heterocycles. The maximum Gasteiger partial charge on any atom is 0.161 e. The largest absolute Gasteiger partial charge is 0.504 e. The summed E-state index contributed by atoms with van der Waals surface area (Å²) in [6, 6.07) is 3.74. The van der Waals surface area contributed by atoms with Gasteiger partial charge in [-0.2, -0.15) is 0 Å². The molecule has 2 nitrogen and oxygen atoms in total. The summed E-state index contributed by atoms with van der Waals surface area (Å²) < 4.78 is 5.05. The molecule has 14 heavy (non-hydrogen) atoms. The van der Waals surface area contributed by atoms with Crippen molar-refractivity contribution in [3.05, 3.63) is 29.3 Å². The Labute approximate surface area is 84.8 Å². The number of ether oxygens (including phenoxy) is 1. The highest BCUT2D eigenvalue weighted by Gasteiger charge is 2.09. The molecule has 1 aromatic rings. The zero-order valence-corrected chi connectivity index (χ0v) is 8.87. The first-order valence-corrected chi connectivity index (χ1v) is 4.76. The van der Waals surface area contributed by atoms with Crippen molar-refractivity contribution in [3.63, 3.8) is 0 Å². The van der Waals surface area contributed by atoms with Crippen molar-refractivity contribution in [1.82, 2.24) is 0 Å². The monoisotopic (exact) mass is 192 g/mol. The second-order valence-corrected chi connectivity index (χ2v) is 3.04. The zero-order chi connectivity index (χ0) is 10.6. The van der Waals surface area contributed by atoms with Crippen molar-refractivity contribution in [2.75, 3.05) is 7.11 Å². The topological polar surface area (TPSA) is 29.5 Å². The highest BCUT2D eigenvalue weighted by Crippen LogP contribution is 2.33. The quantitative estimate of drug-likeness (QED) is 0.797. The van der Waals surface area contributed by atoms with Crippen LogP contribution in [0, 0.1) is 0 Å². The van der Waals surface area contributed by atoms with Gasteiger partial charge in [0.1, 0.15) is 0 Å². The molecule has 0 radical (unpaired) electrons. The molecule has 0 bridgehead atoms. The van der Waals surface area contributed by atoms with Crippen LogP contribution in [0.3, 0.4) is 0 Å². The van der Waals surface area contributed by atoms with E-state index in [-0.39, 0.29) is 5.75 Å². The predicted molar refractivity (Wildman–Crippen MR) is 58.7 cm³/mol. The summed E-state index contributed by atoms with van der Waals surface area (Å²) in [5.74, 6) is 0.792. The molecule has 1 N–H and O–H groups in total. The molecular formula is C12H16O2. The van der Waals surface area contributed by atoms with E-state index in [2.05, 4.69) is 0 Å². The molecule has 0 saturated carbocycles. The van der Waals surface area contributed by atoms with Gasteiger partial charge < -0.3 is 9.84 Å². The molecule has 0 atom stereocenters. The lowest BCUT2D eigenvalue weighted by atomic mass is 10.0. The Bertz CT molecular complexity index is 340. The van der Waals surface area contributed by atoms with Crippen LogP contribution in [0.25, 0.3) is 6.08 Å². The fourth-order valence-corrected chi connectivity index (χ4v) is 1.50. The summed E-state index contributed by atoms with van der Waals surface area (Å²) in [7, 11) is 1.56. The number of hydrogen-bond acceptors (Lipinski definition) is 2. The van der Waals surface area contributed by atoms with E-state index in [0.717, 1.165) is 17.5 Å². The van der Waals surface area contributed by atoms with Crippen LogP contribution in [0.2, 0.25) is 0 Å². The van der Waals surface area contributed by atoms with Gasteiger partial charge in [-0.15, -0.1) is 0 Å². The molecule has 2 heteroatoms. The molecule has 0 spiro atoms. The lowest BCUT2D eigenvalue weighted by molar-refractivity contribution is 0.371. The highest BCUT2D eigenvalue weighted by atomic mass is 16.5. The fraction of sp³-hybridized carbons (Fsp3) is 0.333. The maximum atomic E-state index is 9.84. The van der Waals surface area contributed by atoms with E-state index in [1.54, 1.807) is 13.2 Å². The number of benzene rings is 1. The molecule has 0 aliphatic carbocycles. The molecule has 76 valence electrons. The molecule has 0 heterocycles. The van der Waals surface area contributed by atoms with Gasteiger partial charge in [-0.05, 0) is 25.0 Å². The average molecular weight is 192 g/mol. The summed E-state index contributed by atoms with van der Waals surface area (Å²) in [4.78, 5) is 0. The molecule has 1 rings (SSSR count). The normalized spacial score (nSPS) is 10.8. The Morgan fingerprint density at radius 1 is 1.43 bits per heavy atom. The van der Waals surface area contributed by atoms with Gasteiger partial charge in [0, 0.05) is 5.56 Å². The Hall–Kier alpha value is -1.44. The van der Waals surface area contributed by atoms with Crippen LogP contribution in [0.4, 0.5) is 0 Å². The first-order valence-electron chi connectivity index (χ1n) is 4.76. The fourth-order valence-electron chi connectivity index (χ4n) is 1.50. The number of methoxy groups -OCH3 is 1. The van der Waals surface area contributed by atoms with Crippen molar-refractivity contribution < 1.29 is 9.84 Å². The third-order valence-electron chi connectivity index (χ3n) is 2.20. The number of allylic oxidation sites excluding steroid dienone is 1. The predicted octanol–water partition coefficient (Wildman–Crippen LogP) is 3.00. The van der Waals surface area contributed by atoms with Crippen LogP contribution in [0.5, 0.6) is 11.5 Å².